The zero-order valence-corrected chi connectivity index (χ0v) is 4.88. The topological polar surface area (TPSA) is 0 Å². The van der Waals surface area contributed by atoms with Crippen LogP contribution in [-0.4, -0.2) is 0 Å². The maximum Gasteiger partial charge on any atom is -0.0623 e. The first-order chi connectivity index (χ1) is 3.91. The molecule has 0 saturated carbocycles. The van der Waals surface area contributed by atoms with E-state index in [1.807, 2.05) is 24.3 Å². The normalized spacial score (nSPS) is 10.5. The third-order valence-corrected chi connectivity index (χ3v) is 0.611. The van der Waals surface area contributed by atoms with Gasteiger partial charge in [0, 0.05) is 0 Å². The number of hydrogen-bond acceptors (Lipinski definition) is 0. The molecule has 0 aromatic heterocycles. The van der Waals surface area contributed by atoms with Crippen LogP contribution in [0.3, 0.4) is 0 Å². The van der Waals surface area contributed by atoms with Crippen molar-refractivity contribution in [1.82, 2.24) is 0 Å². The Morgan fingerprint density at radius 1 is 0.750 bits per heavy atom. The maximum atomic E-state index is 3.36. The Bertz CT molecular complexity index is 92.0. The predicted octanol–water partition coefficient (Wildman–Crippen LogP) is 2.47. The molecule has 0 nitrogen and oxygen atoms in total. The number of hydrogen-bond donors (Lipinski definition) is 0. The van der Waals surface area contributed by atoms with Crippen molar-refractivity contribution in [2.45, 2.75) is 0 Å². The van der Waals surface area contributed by atoms with Crippen molar-refractivity contribution in [2.75, 3.05) is 0 Å². The predicted molar refractivity (Wildman–Crippen MR) is 38.7 cm³/mol. The van der Waals surface area contributed by atoms with Crippen LogP contribution in [0.25, 0.3) is 0 Å². The molecule has 0 unspecified atom stereocenters. The molecule has 8 heavy (non-hydrogen) atoms. The van der Waals surface area contributed by atoms with Gasteiger partial charge in [-0.05, 0) is 0 Å². The van der Waals surface area contributed by atoms with Crippen LogP contribution >= 0.6 is 0 Å². The number of rotatable bonds is 1. The van der Waals surface area contributed by atoms with Crippen molar-refractivity contribution >= 4 is 0 Å². The Hall–Kier alpha value is -1.04. The molecule has 0 aliphatic heterocycles. The molecule has 42 valence electrons. The molecule has 0 aromatic carbocycles. The minimum absolute atomic E-state index is 1.64. The SMILES string of the molecule is C1=CC=C1.C=CC=C. The molecule has 0 atom stereocenters. The van der Waals surface area contributed by atoms with Crippen molar-refractivity contribution in [3.8, 4) is 0 Å². The van der Waals surface area contributed by atoms with Gasteiger partial charge in [-0.1, -0.05) is 49.6 Å². The molecule has 0 heteroatoms. The fourth-order valence-corrected chi connectivity index (χ4v) is 0.111. The molecule has 0 bridgehead atoms. The summed E-state index contributed by atoms with van der Waals surface area (Å²) in [5, 5.41) is 0. The lowest BCUT2D eigenvalue weighted by molar-refractivity contribution is 1.81. The first-order valence-corrected chi connectivity index (χ1v) is 2.48. The van der Waals surface area contributed by atoms with E-state index in [0.29, 0.717) is 0 Å². The molecule has 0 fully saturated rings. The van der Waals surface area contributed by atoms with E-state index in [4.69, 9.17) is 0 Å². The van der Waals surface area contributed by atoms with Gasteiger partial charge in [0.25, 0.3) is 0 Å². The average molecular weight is 106 g/mol. The standard InChI is InChI=1S/C4H4.C4H6/c1-2-4-3-1;1-3-4-2/h1-4H;3-4H,1-2H2. The van der Waals surface area contributed by atoms with Crippen LogP contribution in [0.4, 0.5) is 0 Å². The Morgan fingerprint density at radius 3 is 1.00 bits per heavy atom. The molecule has 1 rings (SSSR count). The van der Waals surface area contributed by atoms with Crippen molar-refractivity contribution < 1.29 is 0 Å². The second-order valence-corrected chi connectivity index (χ2v) is 1.24. The van der Waals surface area contributed by atoms with E-state index in [2.05, 4.69) is 13.2 Å². The molecule has 0 amide bonds. The van der Waals surface area contributed by atoms with Gasteiger partial charge in [0.1, 0.15) is 0 Å². The van der Waals surface area contributed by atoms with Gasteiger partial charge in [-0.15, -0.1) is 0 Å². The largest absolute Gasteiger partial charge is 0.0991 e. The molecular formula is C8H10. The molecule has 0 spiro atoms. The Kier molecular flexibility index (Phi) is 5.19. The molecular weight excluding hydrogens is 96.1 g/mol. The van der Waals surface area contributed by atoms with E-state index in [9.17, 15) is 0 Å². The third-order valence-electron chi connectivity index (χ3n) is 0.611. The van der Waals surface area contributed by atoms with Gasteiger partial charge in [0.2, 0.25) is 0 Å². The first kappa shape index (κ1) is 6.96. The van der Waals surface area contributed by atoms with E-state index in [-0.39, 0.29) is 0 Å². The second-order valence-electron chi connectivity index (χ2n) is 1.24. The van der Waals surface area contributed by atoms with Gasteiger partial charge in [0.05, 0.1) is 0 Å². The second kappa shape index (κ2) is 5.96. The summed E-state index contributed by atoms with van der Waals surface area (Å²) in [6.45, 7) is 6.72. The van der Waals surface area contributed by atoms with Gasteiger partial charge in [-0.25, -0.2) is 0 Å². The molecule has 0 aromatic rings. The van der Waals surface area contributed by atoms with Crippen LogP contribution in [0, 0.1) is 0 Å². The average Bonchev–Trinajstić information content (AvgIpc) is 1.61. The Morgan fingerprint density at radius 2 is 1.00 bits per heavy atom. The fraction of sp³-hybridized carbons (Fsp3) is 0. The highest BCUT2D eigenvalue weighted by molar-refractivity contribution is 5.22. The summed E-state index contributed by atoms with van der Waals surface area (Å²) in [6.07, 6.45) is 11.3. The minimum Gasteiger partial charge on any atom is -0.0991 e. The van der Waals surface area contributed by atoms with Crippen LogP contribution < -0.4 is 0 Å². The van der Waals surface area contributed by atoms with Gasteiger partial charge in [-0.3, -0.25) is 0 Å². The van der Waals surface area contributed by atoms with Crippen LogP contribution in [0.2, 0.25) is 0 Å². The summed E-state index contributed by atoms with van der Waals surface area (Å²) in [4.78, 5) is 0. The highest BCUT2D eigenvalue weighted by Crippen LogP contribution is 1.86. The van der Waals surface area contributed by atoms with Crippen molar-refractivity contribution in [3.05, 3.63) is 49.6 Å². The summed E-state index contributed by atoms with van der Waals surface area (Å²) < 4.78 is 0. The molecule has 0 radical (unpaired) electrons. The maximum absolute atomic E-state index is 3.36. The lowest BCUT2D eigenvalue weighted by Crippen LogP contribution is -1.55. The minimum atomic E-state index is 1.64. The van der Waals surface area contributed by atoms with Gasteiger partial charge in [0.15, 0.2) is 0 Å². The smallest absolute Gasteiger partial charge is 0.0623 e. The quantitative estimate of drug-likeness (QED) is 0.450. The third kappa shape index (κ3) is 4.96. The van der Waals surface area contributed by atoms with Gasteiger partial charge in [-0.2, -0.15) is 0 Å². The highest BCUT2D eigenvalue weighted by Gasteiger charge is 1.65. The molecule has 1 aliphatic rings. The summed E-state index contributed by atoms with van der Waals surface area (Å²) in [5.74, 6) is 0. The monoisotopic (exact) mass is 106 g/mol. The summed E-state index contributed by atoms with van der Waals surface area (Å²) in [5.41, 5.74) is 0. The van der Waals surface area contributed by atoms with E-state index < -0.39 is 0 Å². The lowest BCUT2D eigenvalue weighted by Gasteiger charge is -1.77. The molecule has 1 aliphatic carbocycles. The molecule has 0 saturated heterocycles. The van der Waals surface area contributed by atoms with Crippen LogP contribution in [0.5, 0.6) is 0 Å². The zero-order valence-electron chi connectivity index (χ0n) is 4.88. The Labute approximate surface area is 50.5 Å². The van der Waals surface area contributed by atoms with E-state index in [1.54, 1.807) is 12.2 Å². The summed E-state index contributed by atoms with van der Waals surface area (Å²) >= 11 is 0. The number of allylic oxidation sites excluding steroid dienone is 6. The molecule has 0 heterocycles. The van der Waals surface area contributed by atoms with E-state index >= 15 is 0 Å². The lowest BCUT2D eigenvalue weighted by atomic mass is 10.3. The zero-order chi connectivity index (χ0) is 6.24. The first-order valence-electron chi connectivity index (χ1n) is 2.48. The van der Waals surface area contributed by atoms with Crippen LogP contribution in [0.15, 0.2) is 49.6 Å². The van der Waals surface area contributed by atoms with Crippen LogP contribution in [0.1, 0.15) is 0 Å². The molecule has 0 N–H and O–H groups in total. The summed E-state index contributed by atoms with van der Waals surface area (Å²) in [7, 11) is 0. The van der Waals surface area contributed by atoms with Gasteiger partial charge < -0.3 is 0 Å². The van der Waals surface area contributed by atoms with E-state index in [1.165, 1.54) is 0 Å². The van der Waals surface area contributed by atoms with Crippen molar-refractivity contribution in [3.63, 3.8) is 0 Å². The van der Waals surface area contributed by atoms with E-state index in [0.717, 1.165) is 0 Å². The van der Waals surface area contributed by atoms with Crippen molar-refractivity contribution in [1.29, 1.82) is 0 Å². The van der Waals surface area contributed by atoms with Crippen molar-refractivity contribution in [2.24, 2.45) is 0 Å². The fourth-order valence-electron chi connectivity index (χ4n) is 0.111. The summed E-state index contributed by atoms with van der Waals surface area (Å²) in [6, 6.07) is 0. The van der Waals surface area contributed by atoms with Gasteiger partial charge >= 0.3 is 0 Å². The Balaban J connectivity index is 0.000000122. The highest BCUT2D eigenvalue weighted by atomic mass is 13.7. The van der Waals surface area contributed by atoms with Crippen LogP contribution in [-0.2, 0) is 0 Å².